The first kappa shape index (κ1) is 19.4. The number of carbonyl (C=O) groups is 3. The molecule has 1 saturated heterocycles. The lowest BCUT2D eigenvalue weighted by molar-refractivity contribution is -0.140. The van der Waals surface area contributed by atoms with E-state index in [4.69, 9.17) is 0 Å². The third kappa shape index (κ3) is 3.22. The van der Waals surface area contributed by atoms with Crippen molar-refractivity contribution in [3.8, 4) is 0 Å². The quantitative estimate of drug-likeness (QED) is 0.761. The van der Waals surface area contributed by atoms with Crippen LogP contribution in [0.3, 0.4) is 0 Å². The van der Waals surface area contributed by atoms with E-state index in [1.54, 1.807) is 22.9 Å². The Kier molecular flexibility index (Phi) is 4.57. The second-order valence-electron chi connectivity index (χ2n) is 9.06. The summed E-state index contributed by atoms with van der Waals surface area (Å²) in [4.78, 5) is 43.1. The molecule has 1 aromatic carbocycles. The van der Waals surface area contributed by atoms with E-state index < -0.39 is 10.8 Å². The molecule has 27 heavy (non-hydrogen) atoms. The first-order valence-electron chi connectivity index (χ1n) is 9.46. The fraction of sp³-hybridized carbons (Fsp3) is 0.571. The molecule has 0 atom stereocenters. The zero-order chi connectivity index (χ0) is 20.1. The summed E-state index contributed by atoms with van der Waals surface area (Å²) in [5.74, 6) is 0.116. The van der Waals surface area contributed by atoms with Gasteiger partial charge >= 0.3 is 0 Å². The van der Waals surface area contributed by atoms with Gasteiger partial charge in [0.1, 0.15) is 0 Å². The van der Waals surface area contributed by atoms with E-state index >= 15 is 0 Å². The van der Waals surface area contributed by atoms with Gasteiger partial charge in [-0.2, -0.15) is 0 Å². The van der Waals surface area contributed by atoms with Gasteiger partial charge in [-0.3, -0.25) is 14.4 Å². The molecule has 2 aliphatic heterocycles. The van der Waals surface area contributed by atoms with Crippen LogP contribution in [0.2, 0.25) is 0 Å². The molecule has 3 amide bonds. The summed E-state index contributed by atoms with van der Waals surface area (Å²) < 4.78 is 0. The molecule has 3 rings (SSSR count). The molecule has 0 spiro atoms. The molecule has 0 bridgehead atoms. The Morgan fingerprint density at radius 2 is 1.56 bits per heavy atom. The Labute approximate surface area is 161 Å². The minimum Gasteiger partial charge on any atom is -0.339 e. The number of hydrogen-bond acceptors (Lipinski definition) is 3. The van der Waals surface area contributed by atoms with Gasteiger partial charge in [0.15, 0.2) is 0 Å². The number of nitrogens with zero attached hydrogens (tertiary/aromatic N) is 3. The van der Waals surface area contributed by atoms with Gasteiger partial charge in [-0.25, -0.2) is 0 Å². The number of rotatable bonds is 1. The molecule has 1 aromatic rings. The normalized spacial score (nSPS) is 19.3. The molecule has 0 N–H and O–H groups in total. The fourth-order valence-electron chi connectivity index (χ4n) is 3.88. The molecule has 2 heterocycles. The second-order valence-corrected chi connectivity index (χ2v) is 9.06. The average molecular weight is 371 g/mol. The largest absolute Gasteiger partial charge is 0.339 e. The van der Waals surface area contributed by atoms with Gasteiger partial charge in [-0.1, -0.05) is 20.8 Å². The lowest BCUT2D eigenvalue weighted by atomic mass is 9.85. The number of hydrogen-bond donors (Lipinski definition) is 0. The highest BCUT2D eigenvalue weighted by atomic mass is 16.2. The summed E-state index contributed by atoms with van der Waals surface area (Å²) in [5, 5.41) is 0. The third-order valence-electron chi connectivity index (χ3n) is 5.61. The number of carbonyl (C=O) groups excluding carboxylic acids is 3. The number of anilines is 1. The molecule has 146 valence electrons. The van der Waals surface area contributed by atoms with Crippen molar-refractivity contribution in [2.45, 2.75) is 40.0 Å². The van der Waals surface area contributed by atoms with Crippen LogP contribution in [0.15, 0.2) is 18.2 Å². The number of piperazine rings is 1. The van der Waals surface area contributed by atoms with E-state index in [0.29, 0.717) is 31.7 Å². The molecule has 1 fully saturated rings. The van der Waals surface area contributed by atoms with E-state index in [1.807, 2.05) is 51.7 Å². The molecule has 2 aliphatic rings. The summed E-state index contributed by atoms with van der Waals surface area (Å²) in [5.41, 5.74) is 1.32. The Morgan fingerprint density at radius 3 is 2.11 bits per heavy atom. The van der Waals surface area contributed by atoms with E-state index in [2.05, 4.69) is 0 Å². The highest BCUT2D eigenvalue weighted by Crippen LogP contribution is 2.41. The van der Waals surface area contributed by atoms with Gasteiger partial charge in [0.05, 0.1) is 5.41 Å². The predicted octanol–water partition coefficient (Wildman–Crippen LogP) is 2.27. The van der Waals surface area contributed by atoms with E-state index in [9.17, 15) is 14.4 Å². The zero-order valence-corrected chi connectivity index (χ0v) is 17.1. The Morgan fingerprint density at radius 1 is 1.00 bits per heavy atom. The van der Waals surface area contributed by atoms with E-state index in [-0.39, 0.29) is 17.7 Å². The van der Waals surface area contributed by atoms with Crippen LogP contribution in [-0.2, 0) is 15.0 Å². The molecule has 0 radical (unpaired) electrons. The van der Waals surface area contributed by atoms with Crippen molar-refractivity contribution >= 4 is 23.4 Å². The van der Waals surface area contributed by atoms with Crippen molar-refractivity contribution in [3.05, 3.63) is 29.3 Å². The van der Waals surface area contributed by atoms with Crippen LogP contribution in [0.4, 0.5) is 5.69 Å². The Hall–Kier alpha value is -2.37. The van der Waals surface area contributed by atoms with Crippen molar-refractivity contribution in [1.29, 1.82) is 0 Å². The van der Waals surface area contributed by atoms with Crippen molar-refractivity contribution in [3.63, 3.8) is 0 Å². The third-order valence-corrected chi connectivity index (χ3v) is 5.61. The fourth-order valence-corrected chi connectivity index (χ4v) is 3.88. The van der Waals surface area contributed by atoms with Gasteiger partial charge in [0, 0.05) is 49.9 Å². The molecule has 0 unspecified atom stereocenters. The van der Waals surface area contributed by atoms with Gasteiger partial charge in [-0.15, -0.1) is 0 Å². The van der Waals surface area contributed by atoms with Gasteiger partial charge in [0.25, 0.3) is 5.91 Å². The van der Waals surface area contributed by atoms with Crippen LogP contribution >= 0.6 is 0 Å². The number of fused-ring (bicyclic) bond motifs is 1. The van der Waals surface area contributed by atoms with Crippen molar-refractivity contribution in [2.24, 2.45) is 5.41 Å². The maximum atomic E-state index is 13.0. The summed E-state index contributed by atoms with van der Waals surface area (Å²) in [7, 11) is 1.77. The highest BCUT2D eigenvalue weighted by molar-refractivity contribution is 6.08. The van der Waals surface area contributed by atoms with Gasteiger partial charge < -0.3 is 14.7 Å². The van der Waals surface area contributed by atoms with Crippen LogP contribution in [0.5, 0.6) is 0 Å². The Bertz CT molecular complexity index is 799. The maximum Gasteiger partial charge on any atom is 0.253 e. The first-order chi connectivity index (χ1) is 12.4. The van der Waals surface area contributed by atoms with Crippen LogP contribution in [0.1, 0.15) is 50.5 Å². The van der Waals surface area contributed by atoms with Crippen molar-refractivity contribution in [1.82, 2.24) is 9.80 Å². The summed E-state index contributed by atoms with van der Waals surface area (Å²) in [6.45, 7) is 11.7. The summed E-state index contributed by atoms with van der Waals surface area (Å²) in [6, 6.07) is 5.50. The van der Waals surface area contributed by atoms with Crippen LogP contribution in [0.25, 0.3) is 0 Å². The molecular weight excluding hydrogens is 342 g/mol. The highest BCUT2D eigenvalue weighted by Gasteiger charge is 2.42. The summed E-state index contributed by atoms with van der Waals surface area (Å²) in [6.07, 6.45) is 0. The van der Waals surface area contributed by atoms with Crippen molar-refractivity contribution < 1.29 is 14.4 Å². The van der Waals surface area contributed by atoms with Crippen LogP contribution in [-0.4, -0.2) is 60.7 Å². The monoisotopic (exact) mass is 371 g/mol. The molecule has 6 heteroatoms. The minimum atomic E-state index is -0.627. The maximum absolute atomic E-state index is 13.0. The lowest BCUT2D eigenvalue weighted by Gasteiger charge is -2.37. The predicted molar refractivity (Wildman–Crippen MR) is 105 cm³/mol. The van der Waals surface area contributed by atoms with E-state index in [0.717, 1.165) is 11.3 Å². The molecule has 0 saturated carbocycles. The van der Waals surface area contributed by atoms with Crippen LogP contribution < -0.4 is 4.90 Å². The number of likely N-dealkylation sites (N-methyl/N-ethyl adjacent to an activating group) is 1. The topological polar surface area (TPSA) is 60.9 Å². The number of benzene rings is 1. The Balaban J connectivity index is 1.75. The molecule has 0 aromatic heterocycles. The standard InChI is InChI=1S/C21H29N3O3/c1-20(2,3)18(26)24-11-9-23(10-12-24)17(25)14-7-8-16-15(13-14)21(4,5)19(27)22(16)6/h7-8,13H,9-12H2,1-6H3. The zero-order valence-electron chi connectivity index (χ0n) is 17.1. The molecule has 0 aliphatic carbocycles. The number of amides is 3. The van der Waals surface area contributed by atoms with E-state index in [1.165, 1.54) is 0 Å². The minimum absolute atomic E-state index is 0.0383. The molecular formula is C21H29N3O3. The smallest absolute Gasteiger partial charge is 0.253 e. The van der Waals surface area contributed by atoms with Crippen LogP contribution in [0, 0.1) is 5.41 Å². The first-order valence-corrected chi connectivity index (χ1v) is 9.46. The second kappa shape index (κ2) is 6.36. The van der Waals surface area contributed by atoms with Gasteiger partial charge in [-0.05, 0) is 37.6 Å². The van der Waals surface area contributed by atoms with Crippen molar-refractivity contribution in [2.75, 3.05) is 38.1 Å². The lowest BCUT2D eigenvalue weighted by Crippen LogP contribution is -2.53. The van der Waals surface area contributed by atoms with Gasteiger partial charge in [0.2, 0.25) is 11.8 Å². The summed E-state index contributed by atoms with van der Waals surface area (Å²) >= 11 is 0. The molecule has 6 nitrogen and oxygen atoms in total. The SMILES string of the molecule is CN1C(=O)C(C)(C)c2cc(C(=O)N3CCN(C(=O)C(C)(C)C)CC3)ccc21. The average Bonchev–Trinajstić information content (AvgIpc) is 2.80.